The van der Waals surface area contributed by atoms with E-state index in [1.165, 1.54) is 0 Å². The van der Waals surface area contributed by atoms with Crippen LogP contribution in [-0.4, -0.2) is 31.3 Å². The highest BCUT2D eigenvalue weighted by Crippen LogP contribution is 2.21. The van der Waals surface area contributed by atoms with E-state index in [4.69, 9.17) is 9.84 Å². The van der Waals surface area contributed by atoms with E-state index < -0.39 is 0 Å². The van der Waals surface area contributed by atoms with Gasteiger partial charge >= 0.3 is 0 Å². The van der Waals surface area contributed by atoms with Crippen LogP contribution in [0.1, 0.15) is 29.8 Å². The molecule has 0 aliphatic heterocycles. The largest absolute Gasteiger partial charge is 0.496 e. The number of benzene rings is 1. The fourth-order valence-electron chi connectivity index (χ4n) is 1.79. The zero-order valence-electron chi connectivity index (χ0n) is 11.2. The van der Waals surface area contributed by atoms with Crippen LogP contribution in [0.25, 0.3) is 0 Å². The Labute approximate surface area is 108 Å². The Morgan fingerprint density at radius 3 is 2.72 bits per heavy atom. The Bertz CT molecular complexity index is 402. The van der Waals surface area contributed by atoms with Crippen molar-refractivity contribution in [1.82, 2.24) is 5.32 Å². The Morgan fingerprint density at radius 1 is 1.44 bits per heavy atom. The summed E-state index contributed by atoms with van der Waals surface area (Å²) in [4.78, 5) is 11.8. The molecule has 0 aliphatic rings. The minimum Gasteiger partial charge on any atom is -0.496 e. The van der Waals surface area contributed by atoms with Crippen LogP contribution in [0.3, 0.4) is 0 Å². The molecule has 0 bridgehead atoms. The van der Waals surface area contributed by atoms with Crippen LogP contribution in [-0.2, 0) is 6.42 Å². The fraction of sp³-hybridized carbons (Fsp3) is 0.500. The molecule has 0 fully saturated rings. The van der Waals surface area contributed by atoms with Gasteiger partial charge in [-0.3, -0.25) is 4.79 Å². The molecular formula is C14H21NO3. The summed E-state index contributed by atoms with van der Waals surface area (Å²) in [6.07, 6.45) is 0.953. The van der Waals surface area contributed by atoms with Crippen molar-refractivity contribution in [1.29, 1.82) is 0 Å². The normalized spacial score (nSPS) is 10.5. The maximum atomic E-state index is 11.8. The highest BCUT2D eigenvalue weighted by molar-refractivity contribution is 5.97. The van der Waals surface area contributed by atoms with Gasteiger partial charge in [0.1, 0.15) is 5.75 Å². The number of aliphatic hydroxyl groups is 1. The van der Waals surface area contributed by atoms with E-state index in [9.17, 15) is 4.79 Å². The minimum atomic E-state index is -0.225. The number of hydrogen-bond acceptors (Lipinski definition) is 3. The van der Waals surface area contributed by atoms with Crippen LogP contribution >= 0.6 is 0 Å². The van der Waals surface area contributed by atoms with Gasteiger partial charge in [-0.25, -0.2) is 0 Å². The molecule has 1 amide bonds. The molecule has 0 unspecified atom stereocenters. The first-order chi connectivity index (χ1) is 8.58. The third kappa shape index (κ3) is 4.04. The fourth-order valence-corrected chi connectivity index (χ4v) is 1.79. The lowest BCUT2D eigenvalue weighted by atomic mass is 10.0. The van der Waals surface area contributed by atoms with Crippen molar-refractivity contribution in [3.8, 4) is 5.75 Å². The van der Waals surface area contributed by atoms with Gasteiger partial charge in [0.05, 0.1) is 19.3 Å². The van der Waals surface area contributed by atoms with Gasteiger partial charge in [-0.2, -0.15) is 0 Å². The van der Waals surface area contributed by atoms with Crippen LogP contribution in [0.2, 0.25) is 0 Å². The summed E-state index contributed by atoms with van der Waals surface area (Å²) in [5, 5.41) is 11.3. The first-order valence-electron chi connectivity index (χ1n) is 6.14. The first-order valence-corrected chi connectivity index (χ1v) is 6.14. The Morgan fingerprint density at radius 2 is 2.17 bits per heavy atom. The highest BCUT2D eigenvalue weighted by Gasteiger charge is 2.12. The summed E-state index contributed by atoms with van der Waals surface area (Å²) in [7, 11) is 1.55. The maximum absolute atomic E-state index is 11.8. The molecule has 2 N–H and O–H groups in total. The van der Waals surface area contributed by atoms with Crippen molar-refractivity contribution in [3.05, 3.63) is 29.3 Å². The molecule has 1 aromatic rings. The summed E-state index contributed by atoms with van der Waals surface area (Å²) < 4.78 is 5.25. The van der Waals surface area contributed by atoms with Crippen molar-refractivity contribution in [3.63, 3.8) is 0 Å². The highest BCUT2D eigenvalue weighted by atomic mass is 16.5. The lowest BCUT2D eigenvalue weighted by Gasteiger charge is -2.11. The van der Waals surface area contributed by atoms with E-state index >= 15 is 0 Å². The number of methoxy groups -OCH3 is 1. The molecule has 18 heavy (non-hydrogen) atoms. The summed E-state index contributed by atoms with van der Waals surface area (Å²) in [6.45, 7) is 4.47. The molecule has 0 saturated heterocycles. The van der Waals surface area contributed by atoms with Gasteiger partial charge < -0.3 is 15.2 Å². The molecule has 1 aromatic carbocycles. The van der Waals surface area contributed by atoms with Crippen molar-refractivity contribution in [2.75, 3.05) is 20.3 Å². The number of rotatable bonds is 6. The van der Waals surface area contributed by atoms with E-state index in [1.54, 1.807) is 13.2 Å². The van der Waals surface area contributed by atoms with E-state index in [2.05, 4.69) is 19.2 Å². The Hall–Kier alpha value is -1.55. The van der Waals surface area contributed by atoms with Gasteiger partial charge in [-0.1, -0.05) is 19.9 Å². The number of hydrogen-bond donors (Lipinski definition) is 2. The van der Waals surface area contributed by atoms with Crippen molar-refractivity contribution in [2.45, 2.75) is 20.3 Å². The quantitative estimate of drug-likeness (QED) is 0.807. The van der Waals surface area contributed by atoms with Crippen LogP contribution < -0.4 is 10.1 Å². The molecule has 1 rings (SSSR count). The van der Waals surface area contributed by atoms with E-state index in [0.717, 1.165) is 12.0 Å². The molecule has 4 heteroatoms. The van der Waals surface area contributed by atoms with Gasteiger partial charge in [-0.05, 0) is 30.0 Å². The summed E-state index contributed by atoms with van der Waals surface area (Å²) in [5.41, 5.74) is 1.65. The van der Waals surface area contributed by atoms with Crippen molar-refractivity contribution in [2.24, 2.45) is 5.92 Å². The number of amides is 1. The van der Waals surface area contributed by atoms with Gasteiger partial charge in [-0.15, -0.1) is 0 Å². The Kier molecular flexibility index (Phi) is 5.65. The van der Waals surface area contributed by atoms with Crippen molar-refractivity contribution < 1.29 is 14.6 Å². The third-order valence-corrected chi connectivity index (χ3v) is 2.55. The second kappa shape index (κ2) is 7.01. The van der Waals surface area contributed by atoms with Gasteiger partial charge in [0.25, 0.3) is 5.91 Å². The lowest BCUT2D eigenvalue weighted by Crippen LogP contribution is -2.26. The third-order valence-electron chi connectivity index (χ3n) is 2.55. The average molecular weight is 251 g/mol. The van der Waals surface area contributed by atoms with Gasteiger partial charge in [0.15, 0.2) is 0 Å². The standard InChI is InChI=1S/C14H21NO3/c1-10(2)8-11-4-5-12(13(9-11)18-3)14(17)15-6-7-16/h4-5,9-10,16H,6-8H2,1-3H3,(H,15,17). The predicted molar refractivity (Wildman–Crippen MR) is 71.0 cm³/mol. The number of ether oxygens (including phenoxy) is 1. The average Bonchev–Trinajstić information content (AvgIpc) is 2.35. The molecule has 4 nitrogen and oxygen atoms in total. The summed E-state index contributed by atoms with van der Waals surface area (Å²) in [6, 6.07) is 5.60. The minimum absolute atomic E-state index is 0.0700. The first kappa shape index (κ1) is 14.5. The van der Waals surface area contributed by atoms with Crippen LogP contribution in [0, 0.1) is 5.92 Å². The zero-order valence-corrected chi connectivity index (χ0v) is 11.2. The van der Waals surface area contributed by atoms with E-state index in [-0.39, 0.29) is 19.1 Å². The maximum Gasteiger partial charge on any atom is 0.255 e. The molecule has 0 radical (unpaired) electrons. The molecule has 0 aromatic heterocycles. The lowest BCUT2D eigenvalue weighted by molar-refractivity contribution is 0.0941. The molecular weight excluding hydrogens is 230 g/mol. The van der Waals surface area contributed by atoms with Crippen molar-refractivity contribution >= 4 is 5.91 Å². The zero-order chi connectivity index (χ0) is 13.5. The molecule has 100 valence electrons. The predicted octanol–water partition coefficient (Wildman–Crippen LogP) is 1.62. The van der Waals surface area contributed by atoms with Gasteiger partial charge in [0.2, 0.25) is 0 Å². The summed E-state index contributed by atoms with van der Waals surface area (Å²) >= 11 is 0. The number of nitrogens with one attached hydrogen (secondary N) is 1. The molecule has 0 saturated carbocycles. The molecule has 0 atom stereocenters. The summed E-state index contributed by atoms with van der Waals surface area (Å²) in [5.74, 6) is 0.907. The SMILES string of the molecule is COc1cc(CC(C)C)ccc1C(=O)NCCO. The second-order valence-electron chi connectivity index (χ2n) is 4.61. The van der Waals surface area contributed by atoms with Crippen LogP contribution in [0.5, 0.6) is 5.75 Å². The molecule has 0 heterocycles. The number of aliphatic hydroxyl groups excluding tert-OH is 1. The molecule has 0 spiro atoms. The van der Waals surface area contributed by atoms with E-state index in [1.807, 2.05) is 12.1 Å². The number of carbonyl (C=O) groups excluding carboxylic acids is 1. The van der Waals surface area contributed by atoms with Crippen LogP contribution in [0.4, 0.5) is 0 Å². The number of carbonyl (C=O) groups is 1. The Balaban J connectivity index is 2.89. The van der Waals surface area contributed by atoms with E-state index in [0.29, 0.717) is 17.2 Å². The monoisotopic (exact) mass is 251 g/mol. The van der Waals surface area contributed by atoms with Crippen LogP contribution in [0.15, 0.2) is 18.2 Å². The van der Waals surface area contributed by atoms with Gasteiger partial charge in [0, 0.05) is 6.54 Å². The molecule has 0 aliphatic carbocycles. The smallest absolute Gasteiger partial charge is 0.255 e. The topological polar surface area (TPSA) is 58.6 Å². The second-order valence-corrected chi connectivity index (χ2v) is 4.61.